The molecule has 9 nitrogen and oxygen atoms in total. The first kappa shape index (κ1) is 16.2. The molecule has 0 bridgehead atoms. The van der Waals surface area contributed by atoms with Crippen molar-refractivity contribution < 1.29 is 19.6 Å². The van der Waals surface area contributed by atoms with Gasteiger partial charge in [-0.25, -0.2) is 4.79 Å². The van der Waals surface area contributed by atoms with E-state index in [2.05, 4.69) is 5.10 Å². The predicted octanol–water partition coefficient (Wildman–Crippen LogP) is 1.59. The lowest BCUT2D eigenvalue weighted by Gasteiger charge is -2.49. The molecule has 1 aromatic rings. The Labute approximate surface area is 127 Å². The maximum absolute atomic E-state index is 11.3. The van der Waals surface area contributed by atoms with Crippen LogP contribution in [0.15, 0.2) is 12.4 Å². The lowest BCUT2D eigenvalue weighted by Crippen LogP contribution is -2.61. The molecule has 9 heteroatoms. The molecule has 1 aliphatic heterocycles. The van der Waals surface area contributed by atoms with Gasteiger partial charge in [-0.3, -0.25) is 14.8 Å². The van der Waals surface area contributed by atoms with Crippen molar-refractivity contribution in [3.05, 3.63) is 22.5 Å². The number of hydrogen-bond donors (Lipinski definition) is 1. The van der Waals surface area contributed by atoms with Gasteiger partial charge in [0.05, 0.1) is 24.6 Å². The molecular weight excluding hydrogens is 292 g/mol. The summed E-state index contributed by atoms with van der Waals surface area (Å²) < 4.78 is 7.39. The van der Waals surface area contributed by atoms with Gasteiger partial charge in [0.15, 0.2) is 0 Å². The lowest BCUT2D eigenvalue weighted by atomic mass is 9.75. The summed E-state index contributed by atoms with van der Waals surface area (Å²) in [5.41, 5.74) is -1.28. The van der Waals surface area contributed by atoms with Crippen molar-refractivity contribution in [1.82, 2.24) is 14.7 Å². The van der Waals surface area contributed by atoms with Crippen LogP contribution >= 0.6 is 0 Å². The standard InChI is InChI=1S/C13H20N4O5/c1-12(2,3)13(8-15(11(18)19)4-5-22-13)9-16-7-10(6-14-16)17(20)21/h6-7H,4-5,8-9H2,1-3H3,(H,18,19). The maximum atomic E-state index is 11.3. The fourth-order valence-electron chi connectivity index (χ4n) is 2.53. The summed E-state index contributed by atoms with van der Waals surface area (Å²) in [6.07, 6.45) is 1.51. The molecule has 2 rings (SSSR count). The number of rotatable bonds is 3. The maximum Gasteiger partial charge on any atom is 0.407 e. The highest BCUT2D eigenvalue weighted by atomic mass is 16.6. The van der Waals surface area contributed by atoms with E-state index < -0.39 is 16.6 Å². The molecule has 0 radical (unpaired) electrons. The zero-order valence-corrected chi connectivity index (χ0v) is 12.9. The van der Waals surface area contributed by atoms with Crippen molar-refractivity contribution in [2.45, 2.75) is 32.9 Å². The molecule has 1 atom stereocenters. The molecule has 1 saturated heterocycles. The van der Waals surface area contributed by atoms with Crippen LogP contribution in [0.5, 0.6) is 0 Å². The predicted molar refractivity (Wildman–Crippen MR) is 76.6 cm³/mol. The van der Waals surface area contributed by atoms with Gasteiger partial charge in [-0.1, -0.05) is 20.8 Å². The van der Waals surface area contributed by atoms with Crippen molar-refractivity contribution in [2.75, 3.05) is 19.7 Å². The molecular formula is C13H20N4O5. The molecule has 122 valence electrons. The molecule has 0 spiro atoms. The highest BCUT2D eigenvalue weighted by molar-refractivity contribution is 5.65. The second-order valence-electron chi connectivity index (χ2n) is 6.45. The van der Waals surface area contributed by atoms with Crippen LogP contribution in [0.1, 0.15) is 20.8 Å². The van der Waals surface area contributed by atoms with Gasteiger partial charge in [-0.15, -0.1) is 0 Å². The topological polar surface area (TPSA) is 111 Å². The molecule has 2 heterocycles. The minimum Gasteiger partial charge on any atom is -0.465 e. The molecule has 1 unspecified atom stereocenters. The van der Waals surface area contributed by atoms with Gasteiger partial charge in [0.25, 0.3) is 0 Å². The number of aromatic nitrogens is 2. The Morgan fingerprint density at radius 1 is 1.59 bits per heavy atom. The van der Waals surface area contributed by atoms with Crippen molar-refractivity contribution in [3.8, 4) is 0 Å². The minimum atomic E-state index is -0.997. The summed E-state index contributed by atoms with van der Waals surface area (Å²) in [6, 6.07) is 0. The van der Waals surface area contributed by atoms with Crippen LogP contribution in [0.4, 0.5) is 10.5 Å². The van der Waals surface area contributed by atoms with E-state index in [1.54, 1.807) is 0 Å². The smallest absolute Gasteiger partial charge is 0.407 e. The van der Waals surface area contributed by atoms with Crippen LogP contribution in [0, 0.1) is 15.5 Å². The molecule has 1 amide bonds. The molecule has 0 saturated carbocycles. The van der Waals surface area contributed by atoms with Crippen molar-refractivity contribution in [1.29, 1.82) is 0 Å². The van der Waals surface area contributed by atoms with Crippen LogP contribution in [-0.2, 0) is 11.3 Å². The summed E-state index contributed by atoms with van der Waals surface area (Å²) in [5.74, 6) is 0. The van der Waals surface area contributed by atoms with E-state index in [1.807, 2.05) is 20.8 Å². The van der Waals surface area contributed by atoms with E-state index in [9.17, 15) is 20.0 Å². The van der Waals surface area contributed by atoms with Gasteiger partial charge in [-0.05, 0) is 5.41 Å². The molecule has 1 aliphatic rings. The number of carboxylic acid groups (broad SMARTS) is 1. The minimum absolute atomic E-state index is 0.102. The number of hydrogen-bond acceptors (Lipinski definition) is 5. The van der Waals surface area contributed by atoms with Crippen LogP contribution < -0.4 is 0 Å². The Kier molecular flexibility index (Phi) is 4.10. The van der Waals surface area contributed by atoms with E-state index in [4.69, 9.17) is 4.74 Å². The second kappa shape index (κ2) is 5.56. The summed E-state index contributed by atoms with van der Waals surface area (Å²) >= 11 is 0. The highest BCUT2D eigenvalue weighted by Gasteiger charge is 2.48. The monoisotopic (exact) mass is 312 g/mol. The van der Waals surface area contributed by atoms with Gasteiger partial charge in [-0.2, -0.15) is 5.10 Å². The Hall–Kier alpha value is -2.16. The Balaban J connectivity index is 2.29. The average molecular weight is 312 g/mol. The summed E-state index contributed by atoms with van der Waals surface area (Å²) in [5, 5.41) is 24.0. The Bertz CT molecular complexity index is 579. The van der Waals surface area contributed by atoms with E-state index in [0.29, 0.717) is 6.54 Å². The van der Waals surface area contributed by atoms with Gasteiger partial charge in [0, 0.05) is 6.54 Å². The fourth-order valence-corrected chi connectivity index (χ4v) is 2.53. The zero-order chi connectivity index (χ0) is 16.5. The van der Waals surface area contributed by atoms with Crippen molar-refractivity contribution in [3.63, 3.8) is 0 Å². The summed E-state index contributed by atoms with van der Waals surface area (Å²) in [4.78, 5) is 22.8. The number of morpholine rings is 1. The molecule has 0 aromatic carbocycles. The number of carbonyl (C=O) groups is 1. The normalized spacial score (nSPS) is 22.6. The van der Waals surface area contributed by atoms with Crippen LogP contribution in [0.25, 0.3) is 0 Å². The van der Waals surface area contributed by atoms with Gasteiger partial charge in [0.1, 0.15) is 18.0 Å². The molecule has 22 heavy (non-hydrogen) atoms. The van der Waals surface area contributed by atoms with E-state index in [1.165, 1.54) is 22.0 Å². The fraction of sp³-hybridized carbons (Fsp3) is 0.692. The number of nitro groups is 1. The SMILES string of the molecule is CC(C)(C)C1(Cn2cc([N+](=O)[O-])cn2)CN(C(=O)O)CCO1. The lowest BCUT2D eigenvalue weighted by molar-refractivity contribution is -0.385. The van der Waals surface area contributed by atoms with E-state index >= 15 is 0 Å². The van der Waals surface area contributed by atoms with E-state index in [0.717, 1.165) is 0 Å². The van der Waals surface area contributed by atoms with Crippen molar-refractivity contribution >= 4 is 11.8 Å². The number of nitrogens with zero attached hydrogens (tertiary/aromatic N) is 4. The van der Waals surface area contributed by atoms with E-state index in [-0.39, 0.29) is 30.8 Å². The first-order valence-electron chi connectivity index (χ1n) is 6.93. The first-order chi connectivity index (χ1) is 10.1. The molecule has 1 aromatic heterocycles. The highest BCUT2D eigenvalue weighted by Crippen LogP contribution is 2.38. The van der Waals surface area contributed by atoms with Crippen LogP contribution in [0.3, 0.4) is 0 Å². The van der Waals surface area contributed by atoms with Gasteiger partial charge >= 0.3 is 11.8 Å². The molecule has 0 aliphatic carbocycles. The molecule has 1 fully saturated rings. The first-order valence-corrected chi connectivity index (χ1v) is 6.93. The largest absolute Gasteiger partial charge is 0.465 e. The van der Waals surface area contributed by atoms with Crippen molar-refractivity contribution in [2.24, 2.45) is 5.41 Å². The number of ether oxygens (including phenoxy) is 1. The Morgan fingerprint density at radius 2 is 2.27 bits per heavy atom. The second-order valence-corrected chi connectivity index (χ2v) is 6.45. The van der Waals surface area contributed by atoms with Crippen LogP contribution in [-0.4, -0.2) is 56.1 Å². The quantitative estimate of drug-likeness (QED) is 0.670. The summed E-state index contributed by atoms with van der Waals surface area (Å²) in [7, 11) is 0. The van der Waals surface area contributed by atoms with Crippen LogP contribution in [0.2, 0.25) is 0 Å². The average Bonchev–Trinajstić information content (AvgIpc) is 2.86. The zero-order valence-electron chi connectivity index (χ0n) is 12.9. The third kappa shape index (κ3) is 3.03. The Morgan fingerprint density at radius 3 is 2.77 bits per heavy atom. The third-order valence-corrected chi connectivity index (χ3v) is 4.07. The number of amides is 1. The molecule has 1 N–H and O–H groups in total. The van der Waals surface area contributed by atoms with Gasteiger partial charge < -0.3 is 14.7 Å². The third-order valence-electron chi connectivity index (χ3n) is 4.07. The summed E-state index contributed by atoms with van der Waals surface area (Å²) in [6.45, 7) is 6.90. The van der Waals surface area contributed by atoms with Gasteiger partial charge in [0.2, 0.25) is 0 Å².